The third kappa shape index (κ3) is 4.62. The van der Waals surface area contributed by atoms with E-state index in [1.54, 1.807) is 42.5 Å². The van der Waals surface area contributed by atoms with Crippen molar-refractivity contribution in [3.05, 3.63) is 77.1 Å². The Morgan fingerprint density at radius 3 is 2.34 bits per heavy atom. The van der Waals surface area contributed by atoms with Gasteiger partial charge in [-0.05, 0) is 35.9 Å². The number of ether oxygens (including phenoxy) is 1. The normalized spacial score (nSPS) is 18.8. The minimum Gasteiger partial charge on any atom is -0.422 e. The van der Waals surface area contributed by atoms with Crippen molar-refractivity contribution in [2.24, 2.45) is 4.99 Å². The fourth-order valence-electron chi connectivity index (χ4n) is 3.57. The van der Waals surface area contributed by atoms with Gasteiger partial charge in [-0.2, -0.15) is 4.99 Å². The highest BCUT2D eigenvalue weighted by atomic mass is 16.5. The van der Waals surface area contributed by atoms with Gasteiger partial charge in [0.15, 0.2) is 0 Å². The molecule has 10 heteroatoms. The van der Waals surface area contributed by atoms with E-state index < -0.39 is 23.6 Å². The van der Waals surface area contributed by atoms with Crippen molar-refractivity contribution < 1.29 is 28.7 Å². The van der Waals surface area contributed by atoms with Crippen LogP contribution in [0.5, 0.6) is 5.75 Å². The van der Waals surface area contributed by atoms with E-state index in [2.05, 4.69) is 10.3 Å². The van der Waals surface area contributed by atoms with Crippen molar-refractivity contribution in [3.8, 4) is 5.75 Å². The van der Waals surface area contributed by atoms with Crippen LogP contribution >= 0.6 is 0 Å². The molecule has 2 heterocycles. The van der Waals surface area contributed by atoms with Gasteiger partial charge in [-0.15, -0.1) is 0 Å². The van der Waals surface area contributed by atoms with E-state index in [9.17, 15) is 24.0 Å². The zero-order valence-electron chi connectivity index (χ0n) is 19.1. The first-order valence-electron chi connectivity index (χ1n) is 10.5. The number of aliphatic imine (C=N–C) groups is 1. The number of anilines is 1. The monoisotopic (exact) mass is 472 g/mol. The molecule has 2 aliphatic heterocycles. The number of carbonyl (C=O) groups is 5. The second-order valence-electron chi connectivity index (χ2n) is 7.76. The second kappa shape index (κ2) is 9.18. The number of carbonyl (C=O) groups excluding carboxylic acids is 5. The van der Waals surface area contributed by atoms with Gasteiger partial charge in [-0.1, -0.05) is 24.3 Å². The molecule has 10 nitrogen and oxygen atoms in total. The first-order valence-corrected chi connectivity index (χ1v) is 10.5. The molecule has 0 spiro atoms. The predicted octanol–water partition coefficient (Wildman–Crippen LogP) is 2.35. The molecule has 0 saturated carbocycles. The quantitative estimate of drug-likeness (QED) is 0.315. The Hall–Kier alpha value is -4.86. The van der Waals surface area contributed by atoms with Crippen LogP contribution in [0.25, 0.3) is 6.08 Å². The summed E-state index contributed by atoms with van der Waals surface area (Å²) < 4.78 is 5.23. The number of amides is 3. The van der Waals surface area contributed by atoms with Crippen molar-refractivity contribution in [1.82, 2.24) is 9.80 Å². The minimum absolute atomic E-state index is 0.0735. The molecule has 0 aliphatic carbocycles. The van der Waals surface area contributed by atoms with Gasteiger partial charge in [0.1, 0.15) is 17.0 Å². The number of nitrogens with one attached hydrogen (secondary N) is 1. The zero-order chi connectivity index (χ0) is 25.3. The summed E-state index contributed by atoms with van der Waals surface area (Å²) in [6, 6.07) is 13.0. The summed E-state index contributed by atoms with van der Waals surface area (Å²) in [6.45, 7) is 2.61. The minimum atomic E-state index is -0.919. The number of fused-ring (bicyclic) bond motifs is 1. The third-order valence-corrected chi connectivity index (χ3v) is 5.16. The average Bonchev–Trinajstić information content (AvgIpc) is 3.01. The standard InChI is InChI=1S/C25H20N4O6/c1-14(30)26-17-10-8-16(9-11-17)12-20-23(33)29(25(28(20)3)27-15(2)31)13-19-22(32)18-6-4-5-7-21(18)35-24(19)34/h4-13H,1-3H3,(H,26,30)/b19-13-,20-12+,27-25?. The van der Waals surface area contributed by atoms with Crippen LogP contribution in [0.1, 0.15) is 29.8 Å². The predicted molar refractivity (Wildman–Crippen MR) is 126 cm³/mol. The average molecular weight is 472 g/mol. The number of Topliss-reactive ketones (excluding diaryl/α,β-unsaturated/α-hetero) is 1. The Morgan fingerprint density at radius 1 is 1.00 bits per heavy atom. The number of ketones is 1. The lowest BCUT2D eigenvalue weighted by Gasteiger charge is -2.19. The highest BCUT2D eigenvalue weighted by Gasteiger charge is 2.39. The molecule has 35 heavy (non-hydrogen) atoms. The first-order chi connectivity index (χ1) is 16.7. The summed E-state index contributed by atoms with van der Waals surface area (Å²) >= 11 is 0. The van der Waals surface area contributed by atoms with Crippen LogP contribution in [0.2, 0.25) is 0 Å². The molecule has 2 aromatic rings. The molecule has 0 radical (unpaired) electrons. The molecule has 2 aliphatic rings. The van der Waals surface area contributed by atoms with E-state index in [1.807, 2.05) is 0 Å². The lowest BCUT2D eigenvalue weighted by molar-refractivity contribution is -0.130. The molecule has 176 valence electrons. The van der Waals surface area contributed by atoms with Crippen LogP contribution in [0.4, 0.5) is 5.69 Å². The molecule has 0 unspecified atom stereocenters. The van der Waals surface area contributed by atoms with Gasteiger partial charge in [-0.25, -0.2) is 4.79 Å². The fraction of sp³-hybridized carbons (Fsp3) is 0.120. The van der Waals surface area contributed by atoms with Crippen molar-refractivity contribution in [2.45, 2.75) is 13.8 Å². The van der Waals surface area contributed by atoms with Crippen molar-refractivity contribution in [1.29, 1.82) is 0 Å². The van der Waals surface area contributed by atoms with Gasteiger partial charge in [0, 0.05) is 32.8 Å². The lowest BCUT2D eigenvalue weighted by Crippen LogP contribution is -2.33. The Morgan fingerprint density at radius 2 is 1.69 bits per heavy atom. The highest BCUT2D eigenvalue weighted by Crippen LogP contribution is 2.30. The van der Waals surface area contributed by atoms with Gasteiger partial charge in [0.2, 0.25) is 23.6 Å². The molecule has 3 amide bonds. The summed E-state index contributed by atoms with van der Waals surface area (Å²) in [4.78, 5) is 68.1. The van der Waals surface area contributed by atoms with Crippen LogP contribution in [0.3, 0.4) is 0 Å². The Kier molecular flexibility index (Phi) is 6.11. The molecule has 1 N–H and O–H groups in total. The van der Waals surface area contributed by atoms with E-state index in [0.717, 1.165) is 11.1 Å². The number of rotatable bonds is 3. The van der Waals surface area contributed by atoms with Gasteiger partial charge >= 0.3 is 5.97 Å². The lowest BCUT2D eigenvalue weighted by atomic mass is 10.0. The van der Waals surface area contributed by atoms with Crippen LogP contribution in [0, 0.1) is 0 Å². The molecule has 0 bridgehead atoms. The topological polar surface area (TPSA) is 125 Å². The summed E-state index contributed by atoms with van der Waals surface area (Å²) in [6.07, 6.45) is 2.60. The SMILES string of the molecule is CC(=O)N=C1N(/C=C2\C(=O)Oc3ccccc3C2=O)C(=O)/C(=C\c2ccc(NC(C)=O)cc2)N1C. The fourth-order valence-corrected chi connectivity index (χ4v) is 3.57. The molecular formula is C25H20N4O6. The highest BCUT2D eigenvalue weighted by molar-refractivity contribution is 6.28. The maximum absolute atomic E-state index is 13.3. The van der Waals surface area contributed by atoms with Gasteiger partial charge in [0.05, 0.1) is 5.56 Å². The van der Waals surface area contributed by atoms with Crippen molar-refractivity contribution in [2.75, 3.05) is 12.4 Å². The zero-order valence-corrected chi connectivity index (χ0v) is 19.1. The number of hydrogen-bond donors (Lipinski definition) is 1. The Balaban J connectivity index is 1.73. The van der Waals surface area contributed by atoms with Crippen LogP contribution < -0.4 is 10.1 Å². The number of esters is 1. The van der Waals surface area contributed by atoms with E-state index in [-0.39, 0.29) is 34.4 Å². The third-order valence-electron chi connectivity index (χ3n) is 5.16. The summed E-state index contributed by atoms with van der Waals surface area (Å²) in [7, 11) is 1.53. The van der Waals surface area contributed by atoms with Crippen LogP contribution in [-0.4, -0.2) is 52.3 Å². The summed E-state index contributed by atoms with van der Waals surface area (Å²) in [5, 5.41) is 2.65. The maximum atomic E-state index is 13.3. The van der Waals surface area contributed by atoms with Crippen molar-refractivity contribution in [3.63, 3.8) is 0 Å². The maximum Gasteiger partial charge on any atom is 0.349 e. The van der Waals surface area contributed by atoms with Gasteiger partial charge in [-0.3, -0.25) is 24.1 Å². The Labute approximate surface area is 200 Å². The number of hydrogen-bond acceptors (Lipinski definition) is 6. The van der Waals surface area contributed by atoms with E-state index in [1.165, 1.54) is 37.9 Å². The number of guanidine groups is 1. The van der Waals surface area contributed by atoms with E-state index in [4.69, 9.17) is 4.74 Å². The second-order valence-corrected chi connectivity index (χ2v) is 7.76. The molecule has 1 saturated heterocycles. The van der Waals surface area contributed by atoms with E-state index >= 15 is 0 Å². The molecule has 2 aromatic carbocycles. The molecule has 4 rings (SSSR count). The van der Waals surface area contributed by atoms with E-state index in [0.29, 0.717) is 11.3 Å². The van der Waals surface area contributed by atoms with Crippen LogP contribution in [0.15, 0.2) is 71.0 Å². The number of benzene rings is 2. The van der Waals surface area contributed by atoms with Gasteiger partial charge < -0.3 is 15.0 Å². The summed E-state index contributed by atoms with van der Waals surface area (Å²) in [5.41, 5.74) is 1.17. The molecule has 0 aromatic heterocycles. The van der Waals surface area contributed by atoms with Crippen LogP contribution in [-0.2, 0) is 19.2 Å². The van der Waals surface area contributed by atoms with Gasteiger partial charge in [0.25, 0.3) is 5.91 Å². The molecule has 0 atom stereocenters. The first kappa shape index (κ1) is 23.3. The molecular weight excluding hydrogens is 452 g/mol. The summed E-state index contributed by atoms with van der Waals surface area (Å²) in [5.74, 6) is -2.87. The molecule has 1 fully saturated rings. The Bertz CT molecular complexity index is 1370. The number of nitrogens with zero attached hydrogens (tertiary/aromatic N) is 3. The van der Waals surface area contributed by atoms with Crippen molar-refractivity contribution >= 4 is 47.2 Å². The number of para-hydroxylation sites is 1. The number of likely N-dealkylation sites (N-methyl/N-ethyl adjacent to an activating group) is 1. The largest absolute Gasteiger partial charge is 0.422 e. The smallest absolute Gasteiger partial charge is 0.349 e.